The van der Waals surface area contributed by atoms with Gasteiger partial charge in [0.25, 0.3) is 0 Å². The summed E-state index contributed by atoms with van der Waals surface area (Å²) < 4.78 is 5.14. The van der Waals surface area contributed by atoms with E-state index in [1.54, 1.807) is 18.2 Å². The van der Waals surface area contributed by atoms with E-state index in [1.807, 2.05) is 25.1 Å². The Kier molecular flexibility index (Phi) is 6.91. The number of carbonyl (C=O) groups is 2. The zero-order valence-corrected chi connectivity index (χ0v) is 14.5. The largest absolute Gasteiger partial charge is 0.419 e. The van der Waals surface area contributed by atoms with E-state index in [2.05, 4.69) is 28.7 Å². The number of amides is 2. The Morgan fingerprint density at radius 1 is 1.36 bits per heavy atom. The molecule has 1 aromatic rings. The van der Waals surface area contributed by atoms with Gasteiger partial charge in [-0.2, -0.15) is 0 Å². The van der Waals surface area contributed by atoms with Crippen molar-refractivity contribution in [3.05, 3.63) is 55.1 Å². The fraction of sp³-hybridized carbons (Fsp3) is 0.368. The average molecular weight is 343 g/mol. The summed E-state index contributed by atoms with van der Waals surface area (Å²) in [5, 5.41) is 5.44. The number of hydrogen-bond donors (Lipinski definition) is 2. The van der Waals surface area contributed by atoms with Crippen LogP contribution in [0.5, 0.6) is 5.75 Å². The first kappa shape index (κ1) is 18.9. The second-order valence-corrected chi connectivity index (χ2v) is 6.08. The predicted molar refractivity (Wildman–Crippen MR) is 97.5 cm³/mol. The van der Waals surface area contributed by atoms with Crippen LogP contribution in [0.15, 0.2) is 49.6 Å². The molecule has 1 saturated heterocycles. The van der Waals surface area contributed by atoms with Crippen LogP contribution in [0, 0.1) is 6.92 Å². The number of nitrogens with one attached hydrogen (secondary N) is 2. The van der Waals surface area contributed by atoms with Crippen molar-refractivity contribution in [2.45, 2.75) is 25.4 Å². The first-order valence-electron chi connectivity index (χ1n) is 8.32. The fourth-order valence-corrected chi connectivity index (χ4v) is 2.90. The monoisotopic (exact) mass is 343 g/mol. The predicted octanol–water partition coefficient (Wildman–Crippen LogP) is 2.01. The number of rotatable bonds is 7. The van der Waals surface area contributed by atoms with Gasteiger partial charge in [-0.1, -0.05) is 24.3 Å². The molecule has 0 aliphatic carbocycles. The molecule has 0 saturated carbocycles. The highest BCUT2D eigenvalue weighted by molar-refractivity contribution is 5.95. The summed E-state index contributed by atoms with van der Waals surface area (Å²) in [6.45, 7) is 11.5. The van der Waals surface area contributed by atoms with E-state index in [0.717, 1.165) is 18.7 Å². The second kappa shape index (κ2) is 9.15. The summed E-state index contributed by atoms with van der Waals surface area (Å²) in [7, 11) is 0. The number of carbonyl (C=O) groups excluding carboxylic acids is 2. The summed E-state index contributed by atoms with van der Waals surface area (Å²) in [4.78, 5) is 26.3. The van der Waals surface area contributed by atoms with Crippen LogP contribution >= 0.6 is 0 Å². The van der Waals surface area contributed by atoms with Crippen molar-refractivity contribution in [3.8, 4) is 5.75 Å². The van der Waals surface area contributed by atoms with E-state index in [4.69, 9.17) is 4.74 Å². The lowest BCUT2D eigenvalue weighted by Gasteiger charge is -2.25. The van der Waals surface area contributed by atoms with Crippen LogP contribution in [0.4, 0.5) is 4.79 Å². The minimum Gasteiger partial charge on any atom is -0.410 e. The minimum absolute atomic E-state index is 0.194. The third-order valence-electron chi connectivity index (χ3n) is 4.09. The van der Waals surface area contributed by atoms with E-state index in [0.29, 0.717) is 18.7 Å². The molecule has 6 heteroatoms. The lowest BCUT2D eigenvalue weighted by molar-refractivity contribution is -0.122. The number of imide groups is 1. The molecule has 1 unspecified atom stereocenters. The van der Waals surface area contributed by atoms with Crippen molar-refractivity contribution in [3.63, 3.8) is 0 Å². The summed E-state index contributed by atoms with van der Waals surface area (Å²) in [5.74, 6) is 0.0306. The second-order valence-electron chi connectivity index (χ2n) is 6.08. The summed E-state index contributed by atoms with van der Waals surface area (Å²) >= 11 is 0. The molecule has 0 spiro atoms. The number of nitrogens with zero attached hydrogens (tertiary/aromatic N) is 1. The van der Waals surface area contributed by atoms with Crippen LogP contribution in [0.3, 0.4) is 0 Å². The molecule has 2 amide bonds. The van der Waals surface area contributed by atoms with Crippen molar-refractivity contribution in [2.75, 3.05) is 19.6 Å². The van der Waals surface area contributed by atoms with Gasteiger partial charge < -0.3 is 10.1 Å². The Morgan fingerprint density at radius 3 is 2.72 bits per heavy atom. The van der Waals surface area contributed by atoms with E-state index in [-0.39, 0.29) is 11.9 Å². The van der Waals surface area contributed by atoms with E-state index < -0.39 is 12.1 Å². The molecule has 2 N–H and O–H groups in total. The maximum atomic E-state index is 12.3. The smallest absolute Gasteiger partial charge is 0.410 e. The molecule has 0 bridgehead atoms. The molecule has 2 atom stereocenters. The van der Waals surface area contributed by atoms with Gasteiger partial charge >= 0.3 is 6.09 Å². The first-order valence-corrected chi connectivity index (χ1v) is 8.32. The van der Waals surface area contributed by atoms with Gasteiger partial charge in [0, 0.05) is 25.7 Å². The summed E-state index contributed by atoms with van der Waals surface area (Å²) in [6.07, 6.45) is 3.51. The zero-order chi connectivity index (χ0) is 18.2. The molecule has 1 aromatic carbocycles. The number of ether oxygens (including phenoxy) is 1. The molecule has 1 aliphatic heterocycles. The number of aryl methyl sites for hydroxylation is 1. The molecular weight excluding hydrogens is 318 g/mol. The maximum absolute atomic E-state index is 12.3. The Bertz CT molecular complexity index is 635. The molecule has 1 heterocycles. The van der Waals surface area contributed by atoms with Gasteiger partial charge in [0.05, 0.1) is 6.04 Å². The van der Waals surface area contributed by atoms with Gasteiger partial charge in [-0.05, 0) is 31.0 Å². The molecule has 1 aliphatic rings. The Balaban J connectivity index is 1.85. The van der Waals surface area contributed by atoms with Gasteiger partial charge in [0.2, 0.25) is 5.91 Å². The van der Waals surface area contributed by atoms with Gasteiger partial charge in [-0.3, -0.25) is 15.0 Å². The zero-order valence-electron chi connectivity index (χ0n) is 14.5. The summed E-state index contributed by atoms with van der Waals surface area (Å²) in [6, 6.07) is 6.86. The van der Waals surface area contributed by atoms with Crippen molar-refractivity contribution in [1.82, 2.24) is 15.5 Å². The molecule has 134 valence electrons. The number of benzene rings is 1. The van der Waals surface area contributed by atoms with E-state index >= 15 is 0 Å². The van der Waals surface area contributed by atoms with Crippen LogP contribution in [0.25, 0.3) is 0 Å². The lowest BCUT2D eigenvalue weighted by Crippen LogP contribution is -2.44. The molecule has 1 fully saturated rings. The summed E-state index contributed by atoms with van der Waals surface area (Å²) in [5.41, 5.74) is 0.974. The van der Waals surface area contributed by atoms with Crippen molar-refractivity contribution < 1.29 is 14.3 Å². The topological polar surface area (TPSA) is 70.7 Å². The Labute approximate surface area is 148 Å². The molecule has 0 aromatic heterocycles. The van der Waals surface area contributed by atoms with Gasteiger partial charge in [0.15, 0.2) is 0 Å². The van der Waals surface area contributed by atoms with Gasteiger partial charge in [-0.15, -0.1) is 13.2 Å². The molecule has 25 heavy (non-hydrogen) atoms. The van der Waals surface area contributed by atoms with E-state index in [9.17, 15) is 9.59 Å². The van der Waals surface area contributed by atoms with Crippen LogP contribution in [-0.2, 0) is 4.79 Å². The fourth-order valence-electron chi connectivity index (χ4n) is 2.90. The molecule has 0 radical (unpaired) electrons. The van der Waals surface area contributed by atoms with Crippen LogP contribution in [-0.4, -0.2) is 48.6 Å². The quantitative estimate of drug-likeness (QED) is 0.741. The normalized spacial score (nSPS) is 19.4. The third-order valence-corrected chi connectivity index (χ3v) is 4.09. The standard InChI is InChI=1S/C19H25N3O3/c1-4-9-22(10-5-2)15-12-17(20-13-15)18(23)21-19(24)25-16-8-6-7-14(3)11-16/h4-8,11,15,17,20H,1-2,9-10,12-13H2,3H3,(H,21,23,24)/t15?,17-/m0/s1. The Morgan fingerprint density at radius 2 is 2.08 bits per heavy atom. The van der Waals surface area contributed by atoms with Gasteiger partial charge in [-0.25, -0.2) is 4.79 Å². The minimum atomic E-state index is -0.769. The van der Waals surface area contributed by atoms with Crippen LogP contribution in [0.1, 0.15) is 12.0 Å². The number of hydrogen-bond acceptors (Lipinski definition) is 5. The molecular formula is C19H25N3O3. The van der Waals surface area contributed by atoms with Crippen molar-refractivity contribution in [2.24, 2.45) is 0 Å². The van der Waals surface area contributed by atoms with Crippen LogP contribution in [0.2, 0.25) is 0 Å². The SMILES string of the molecule is C=CCN(CC=C)C1CN[C@H](C(=O)NC(=O)Oc2cccc(C)c2)C1. The highest BCUT2D eigenvalue weighted by Crippen LogP contribution is 2.15. The van der Waals surface area contributed by atoms with Gasteiger partial charge in [0.1, 0.15) is 5.75 Å². The Hall–Kier alpha value is -2.44. The lowest BCUT2D eigenvalue weighted by atomic mass is 10.1. The third kappa shape index (κ3) is 5.55. The maximum Gasteiger partial charge on any atom is 0.419 e. The highest BCUT2D eigenvalue weighted by Gasteiger charge is 2.33. The van der Waals surface area contributed by atoms with E-state index in [1.165, 1.54) is 0 Å². The molecule has 2 rings (SSSR count). The van der Waals surface area contributed by atoms with Crippen molar-refractivity contribution in [1.29, 1.82) is 0 Å². The van der Waals surface area contributed by atoms with Crippen LogP contribution < -0.4 is 15.4 Å². The highest BCUT2D eigenvalue weighted by atomic mass is 16.6. The molecule has 6 nitrogen and oxygen atoms in total. The first-order chi connectivity index (χ1) is 12.0. The average Bonchev–Trinajstić information content (AvgIpc) is 3.04. The van der Waals surface area contributed by atoms with Crippen molar-refractivity contribution >= 4 is 12.0 Å².